The second-order valence-corrected chi connectivity index (χ2v) is 10.8. The molecule has 0 spiro atoms. The summed E-state index contributed by atoms with van der Waals surface area (Å²) in [6.07, 6.45) is -7.45. The van der Waals surface area contributed by atoms with Crippen LogP contribution in [0.25, 0.3) is 11.0 Å². The van der Waals surface area contributed by atoms with Gasteiger partial charge in [-0.1, -0.05) is 6.07 Å². The Balaban J connectivity index is 1.35. The molecule has 1 saturated carbocycles. The summed E-state index contributed by atoms with van der Waals surface area (Å²) in [5, 5.41) is 2.75. The lowest BCUT2D eigenvalue weighted by molar-refractivity contribution is -0.138. The van der Waals surface area contributed by atoms with Crippen LogP contribution in [-0.2, 0) is 22.2 Å². The molecule has 0 radical (unpaired) electrons. The number of nitrogens with one attached hydrogen (secondary N) is 2. The quantitative estimate of drug-likeness (QED) is 0.432. The summed E-state index contributed by atoms with van der Waals surface area (Å²) >= 11 is 0. The van der Waals surface area contributed by atoms with E-state index in [9.17, 15) is 39.6 Å². The van der Waals surface area contributed by atoms with Crippen molar-refractivity contribution in [3.63, 3.8) is 0 Å². The second-order valence-electron chi connectivity index (χ2n) is 8.81. The third-order valence-electron chi connectivity index (χ3n) is 6.18. The maximum Gasteiger partial charge on any atom is 0.416 e. The molecule has 2 aromatic carbocycles. The fraction of sp³-hybridized carbons (Fsp3) is 0.391. The molecular formula is C23H21F6N3O3S. The summed E-state index contributed by atoms with van der Waals surface area (Å²) in [6.45, 7) is 0. The maximum absolute atomic E-state index is 12.9. The number of imidazole rings is 1. The van der Waals surface area contributed by atoms with Gasteiger partial charge in [0.15, 0.2) is 15.7 Å². The van der Waals surface area contributed by atoms with Crippen LogP contribution in [0.15, 0.2) is 47.4 Å². The zero-order valence-corrected chi connectivity index (χ0v) is 19.4. The lowest BCUT2D eigenvalue weighted by atomic mass is 9.87. The highest BCUT2D eigenvalue weighted by atomic mass is 32.2. The summed E-state index contributed by atoms with van der Waals surface area (Å²) in [4.78, 5) is 18.8. The summed E-state index contributed by atoms with van der Waals surface area (Å²) in [7, 11) is -3.94. The molecule has 4 rings (SSSR count). The van der Waals surface area contributed by atoms with Gasteiger partial charge in [-0.2, -0.15) is 26.3 Å². The number of halogens is 6. The fourth-order valence-electron chi connectivity index (χ4n) is 4.29. The molecule has 0 aliphatic heterocycles. The van der Waals surface area contributed by atoms with Gasteiger partial charge in [0.1, 0.15) is 0 Å². The highest BCUT2D eigenvalue weighted by Gasteiger charge is 2.33. The number of benzene rings is 2. The lowest BCUT2D eigenvalue weighted by Crippen LogP contribution is -2.39. The number of carbonyl (C=O) groups is 1. The number of aromatic amines is 1. The van der Waals surface area contributed by atoms with Gasteiger partial charge in [-0.15, -0.1) is 0 Å². The molecule has 1 aliphatic carbocycles. The van der Waals surface area contributed by atoms with Crippen LogP contribution < -0.4 is 5.32 Å². The van der Waals surface area contributed by atoms with Gasteiger partial charge in [0.2, 0.25) is 0 Å². The van der Waals surface area contributed by atoms with Gasteiger partial charge in [0, 0.05) is 6.04 Å². The SMILES string of the molecule is O=C(N[C@H]1CC[C@H](CS(=O)(=O)c2cccc(C(F)(F)F)c2)CC1)c1nc2ccc(C(F)(F)F)cc2[nH]1. The Morgan fingerprint density at radius 1 is 0.944 bits per heavy atom. The molecule has 1 fully saturated rings. The van der Waals surface area contributed by atoms with Crippen molar-refractivity contribution < 1.29 is 39.6 Å². The van der Waals surface area contributed by atoms with Crippen molar-refractivity contribution in [3.05, 3.63) is 59.4 Å². The van der Waals surface area contributed by atoms with Crippen LogP contribution >= 0.6 is 0 Å². The number of amides is 1. The normalized spacial score (nSPS) is 19.4. The van der Waals surface area contributed by atoms with Gasteiger partial charge in [0.05, 0.1) is 32.8 Å². The number of nitrogens with zero attached hydrogens (tertiary/aromatic N) is 1. The Bertz CT molecular complexity index is 1370. The molecule has 36 heavy (non-hydrogen) atoms. The molecule has 0 atom stereocenters. The van der Waals surface area contributed by atoms with Crippen LogP contribution in [0.1, 0.15) is 47.4 Å². The van der Waals surface area contributed by atoms with Crippen molar-refractivity contribution in [2.45, 2.75) is 49.0 Å². The van der Waals surface area contributed by atoms with Gasteiger partial charge < -0.3 is 10.3 Å². The van der Waals surface area contributed by atoms with E-state index in [-0.39, 0.29) is 39.5 Å². The Kier molecular flexibility index (Phi) is 6.80. The van der Waals surface area contributed by atoms with Gasteiger partial charge >= 0.3 is 12.4 Å². The topological polar surface area (TPSA) is 91.9 Å². The van der Waals surface area contributed by atoms with E-state index in [1.54, 1.807) is 0 Å². The minimum absolute atomic E-state index is 0.0680. The van der Waals surface area contributed by atoms with E-state index in [0.29, 0.717) is 31.7 Å². The molecule has 1 heterocycles. The number of alkyl halides is 6. The number of hydrogen-bond acceptors (Lipinski definition) is 4. The van der Waals surface area contributed by atoms with Crippen LogP contribution in [0.3, 0.4) is 0 Å². The van der Waals surface area contributed by atoms with E-state index >= 15 is 0 Å². The molecule has 1 aliphatic rings. The van der Waals surface area contributed by atoms with E-state index in [0.717, 1.165) is 30.3 Å². The average Bonchev–Trinajstić information content (AvgIpc) is 3.23. The fourth-order valence-corrected chi connectivity index (χ4v) is 6.03. The van der Waals surface area contributed by atoms with Gasteiger partial charge in [-0.25, -0.2) is 13.4 Å². The van der Waals surface area contributed by atoms with Gasteiger partial charge in [-0.3, -0.25) is 4.79 Å². The third-order valence-corrected chi connectivity index (χ3v) is 8.06. The summed E-state index contributed by atoms with van der Waals surface area (Å²) in [5.41, 5.74) is -1.63. The van der Waals surface area contributed by atoms with Crippen molar-refractivity contribution in [1.29, 1.82) is 0 Å². The first-order chi connectivity index (χ1) is 16.7. The number of sulfone groups is 1. The van der Waals surface area contributed by atoms with E-state index < -0.39 is 39.2 Å². The van der Waals surface area contributed by atoms with Crippen molar-refractivity contribution in [2.75, 3.05) is 5.75 Å². The average molecular weight is 533 g/mol. The first-order valence-electron chi connectivity index (χ1n) is 11.0. The van der Waals surface area contributed by atoms with Gasteiger partial charge in [0.25, 0.3) is 5.91 Å². The van der Waals surface area contributed by atoms with E-state index in [2.05, 4.69) is 15.3 Å². The summed E-state index contributed by atoms with van der Waals surface area (Å²) in [6, 6.07) is 6.25. The molecule has 1 amide bonds. The number of H-pyrrole nitrogens is 1. The smallest absolute Gasteiger partial charge is 0.347 e. The largest absolute Gasteiger partial charge is 0.416 e. The summed E-state index contributed by atoms with van der Waals surface area (Å²) < 4.78 is 103. The molecule has 0 bridgehead atoms. The summed E-state index contributed by atoms with van der Waals surface area (Å²) in [5.74, 6) is -1.33. The number of fused-ring (bicyclic) bond motifs is 1. The molecule has 1 aromatic heterocycles. The first-order valence-corrected chi connectivity index (χ1v) is 12.7. The Morgan fingerprint density at radius 2 is 1.58 bits per heavy atom. The monoisotopic (exact) mass is 533 g/mol. The molecule has 0 unspecified atom stereocenters. The maximum atomic E-state index is 12.9. The number of aromatic nitrogens is 2. The third kappa shape index (κ3) is 5.82. The molecular weight excluding hydrogens is 512 g/mol. The minimum Gasteiger partial charge on any atom is -0.347 e. The minimum atomic E-state index is -4.65. The highest BCUT2D eigenvalue weighted by Crippen LogP contribution is 2.33. The van der Waals surface area contributed by atoms with Crippen LogP contribution in [0.4, 0.5) is 26.3 Å². The standard InChI is InChI=1S/C23H21F6N3O3S/c24-22(25,26)14-2-1-3-17(10-14)36(34,35)12-13-4-7-16(8-5-13)30-21(33)20-31-18-9-6-15(23(27,28)29)11-19(18)32-20/h1-3,6,9-11,13,16H,4-5,7-8,12H2,(H,30,33)(H,31,32)/t13-,16-. The predicted molar refractivity (Wildman–Crippen MR) is 118 cm³/mol. The first kappa shape index (κ1) is 26.0. The highest BCUT2D eigenvalue weighted by molar-refractivity contribution is 7.91. The molecule has 194 valence electrons. The predicted octanol–water partition coefficient (Wildman–Crippen LogP) is 5.36. The second kappa shape index (κ2) is 9.41. The Hall–Kier alpha value is -3.09. The number of rotatable bonds is 5. The van der Waals surface area contributed by atoms with Crippen molar-refractivity contribution in [1.82, 2.24) is 15.3 Å². The molecule has 2 N–H and O–H groups in total. The number of hydrogen-bond donors (Lipinski definition) is 2. The van der Waals surface area contributed by atoms with Crippen LogP contribution in [0.2, 0.25) is 0 Å². The van der Waals surface area contributed by atoms with Crippen molar-refractivity contribution in [2.24, 2.45) is 5.92 Å². The van der Waals surface area contributed by atoms with E-state index in [4.69, 9.17) is 0 Å². The zero-order valence-electron chi connectivity index (χ0n) is 18.6. The molecule has 3 aromatic rings. The Labute approximate surface area is 202 Å². The van der Waals surface area contributed by atoms with Crippen molar-refractivity contribution in [3.8, 4) is 0 Å². The zero-order chi connectivity index (χ0) is 26.3. The lowest BCUT2D eigenvalue weighted by Gasteiger charge is -2.28. The molecule has 13 heteroatoms. The van der Waals surface area contributed by atoms with Crippen LogP contribution in [-0.4, -0.2) is 36.1 Å². The van der Waals surface area contributed by atoms with E-state index in [1.165, 1.54) is 6.07 Å². The number of carbonyl (C=O) groups excluding carboxylic acids is 1. The van der Waals surface area contributed by atoms with E-state index in [1.807, 2.05) is 0 Å². The van der Waals surface area contributed by atoms with Crippen LogP contribution in [0, 0.1) is 5.92 Å². The van der Waals surface area contributed by atoms with Crippen molar-refractivity contribution >= 4 is 26.8 Å². The van der Waals surface area contributed by atoms with Crippen LogP contribution in [0.5, 0.6) is 0 Å². The van der Waals surface area contributed by atoms with Gasteiger partial charge in [-0.05, 0) is 68.0 Å². The molecule has 6 nitrogen and oxygen atoms in total. The Morgan fingerprint density at radius 3 is 2.22 bits per heavy atom. The molecule has 0 saturated heterocycles.